The number of hydrogen-bond donors (Lipinski definition) is 3. The lowest BCUT2D eigenvalue weighted by Gasteiger charge is -2.07. The Kier molecular flexibility index (Phi) is 6.49. The van der Waals surface area contributed by atoms with Crippen molar-refractivity contribution in [2.24, 2.45) is 0 Å². The van der Waals surface area contributed by atoms with Crippen molar-refractivity contribution >= 4 is 34.5 Å². The van der Waals surface area contributed by atoms with E-state index in [9.17, 15) is 9.59 Å². The van der Waals surface area contributed by atoms with Crippen molar-refractivity contribution in [1.29, 1.82) is 0 Å². The standard InChI is InChI=1S/C20H22N4O2S/c1-2-27-13-14-7-9-15(10-8-14)19(25)21-11-12-22-20(26)18-16-5-3-4-6-17(16)23-24-18/h3-10H,2,11-13H2,1H3,(H,21,25)(H,22,26)(H,23,24). The molecule has 0 aliphatic carbocycles. The number of benzene rings is 2. The lowest BCUT2D eigenvalue weighted by Crippen LogP contribution is -2.34. The van der Waals surface area contributed by atoms with Gasteiger partial charge in [0.15, 0.2) is 5.69 Å². The maximum absolute atomic E-state index is 12.2. The molecule has 3 N–H and O–H groups in total. The first-order valence-corrected chi connectivity index (χ1v) is 10.0. The zero-order chi connectivity index (χ0) is 19.1. The second-order valence-corrected chi connectivity index (χ2v) is 7.24. The minimum Gasteiger partial charge on any atom is -0.350 e. The van der Waals surface area contributed by atoms with E-state index < -0.39 is 0 Å². The summed E-state index contributed by atoms with van der Waals surface area (Å²) in [5.41, 5.74) is 3.00. The number of para-hydroxylation sites is 1. The molecule has 0 saturated heterocycles. The first-order valence-electron chi connectivity index (χ1n) is 8.85. The van der Waals surface area contributed by atoms with Gasteiger partial charge in [0.2, 0.25) is 0 Å². The zero-order valence-electron chi connectivity index (χ0n) is 15.1. The molecule has 27 heavy (non-hydrogen) atoms. The van der Waals surface area contributed by atoms with Crippen LogP contribution in [0.5, 0.6) is 0 Å². The molecule has 0 aliphatic heterocycles. The number of nitrogens with zero attached hydrogens (tertiary/aromatic N) is 1. The number of H-pyrrole nitrogens is 1. The molecule has 7 heteroatoms. The minimum absolute atomic E-state index is 0.149. The van der Waals surface area contributed by atoms with Crippen molar-refractivity contribution in [2.75, 3.05) is 18.8 Å². The van der Waals surface area contributed by atoms with Gasteiger partial charge in [-0.15, -0.1) is 0 Å². The smallest absolute Gasteiger partial charge is 0.272 e. The maximum Gasteiger partial charge on any atom is 0.272 e. The van der Waals surface area contributed by atoms with Gasteiger partial charge in [-0.1, -0.05) is 37.3 Å². The fourth-order valence-electron chi connectivity index (χ4n) is 2.65. The summed E-state index contributed by atoms with van der Waals surface area (Å²) in [5.74, 6) is 1.61. The van der Waals surface area contributed by atoms with E-state index in [2.05, 4.69) is 27.8 Å². The number of nitrogens with one attached hydrogen (secondary N) is 3. The number of aromatic amines is 1. The molecule has 2 aromatic carbocycles. The van der Waals surface area contributed by atoms with E-state index >= 15 is 0 Å². The summed E-state index contributed by atoms with van der Waals surface area (Å²) in [6.45, 7) is 2.80. The molecule has 0 saturated carbocycles. The fraction of sp³-hybridized carbons (Fsp3) is 0.250. The molecular formula is C20H22N4O2S. The third-order valence-electron chi connectivity index (χ3n) is 4.07. The number of hydrogen-bond acceptors (Lipinski definition) is 4. The van der Waals surface area contributed by atoms with Crippen LogP contribution in [0.3, 0.4) is 0 Å². The highest BCUT2D eigenvalue weighted by Gasteiger charge is 2.13. The molecule has 6 nitrogen and oxygen atoms in total. The monoisotopic (exact) mass is 382 g/mol. The molecule has 0 fully saturated rings. The fourth-order valence-corrected chi connectivity index (χ4v) is 3.28. The Morgan fingerprint density at radius 2 is 1.70 bits per heavy atom. The summed E-state index contributed by atoms with van der Waals surface area (Å²) in [7, 11) is 0. The van der Waals surface area contributed by atoms with Crippen LogP contribution >= 0.6 is 11.8 Å². The van der Waals surface area contributed by atoms with Gasteiger partial charge in [0.25, 0.3) is 11.8 Å². The summed E-state index contributed by atoms with van der Waals surface area (Å²) in [5, 5.41) is 13.3. The molecule has 0 aliphatic rings. The average Bonchev–Trinajstić information content (AvgIpc) is 3.14. The Morgan fingerprint density at radius 1 is 1.00 bits per heavy atom. The van der Waals surface area contributed by atoms with Crippen molar-refractivity contribution in [3.8, 4) is 0 Å². The van der Waals surface area contributed by atoms with Crippen LogP contribution in [-0.4, -0.2) is 40.9 Å². The summed E-state index contributed by atoms with van der Waals surface area (Å²) in [4.78, 5) is 24.4. The van der Waals surface area contributed by atoms with E-state index in [1.165, 1.54) is 5.56 Å². The van der Waals surface area contributed by atoms with E-state index in [4.69, 9.17) is 0 Å². The van der Waals surface area contributed by atoms with Gasteiger partial charge in [0.1, 0.15) is 0 Å². The molecule has 140 valence electrons. The number of carbonyl (C=O) groups is 2. The van der Waals surface area contributed by atoms with Gasteiger partial charge < -0.3 is 10.6 Å². The second-order valence-electron chi connectivity index (χ2n) is 5.96. The number of amides is 2. The predicted molar refractivity (Wildman–Crippen MR) is 109 cm³/mol. The second kappa shape index (κ2) is 9.23. The first-order chi connectivity index (χ1) is 13.2. The quantitative estimate of drug-likeness (QED) is 0.523. The van der Waals surface area contributed by atoms with Gasteiger partial charge in [-0.25, -0.2) is 0 Å². The summed E-state index contributed by atoms with van der Waals surface area (Å²) in [6, 6.07) is 15.1. The number of thioether (sulfide) groups is 1. The average molecular weight is 382 g/mol. The summed E-state index contributed by atoms with van der Waals surface area (Å²) >= 11 is 1.85. The predicted octanol–water partition coefficient (Wildman–Crippen LogP) is 2.98. The van der Waals surface area contributed by atoms with Crippen LogP contribution in [0, 0.1) is 0 Å². The van der Waals surface area contributed by atoms with Crippen molar-refractivity contribution in [1.82, 2.24) is 20.8 Å². The maximum atomic E-state index is 12.2. The Morgan fingerprint density at radius 3 is 2.44 bits per heavy atom. The van der Waals surface area contributed by atoms with Crippen molar-refractivity contribution in [2.45, 2.75) is 12.7 Å². The molecule has 2 amide bonds. The van der Waals surface area contributed by atoms with Crippen molar-refractivity contribution in [3.63, 3.8) is 0 Å². The topological polar surface area (TPSA) is 86.9 Å². The van der Waals surface area contributed by atoms with Crippen molar-refractivity contribution < 1.29 is 9.59 Å². The van der Waals surface area contributed by atoms with Crippen LogP contribution in [0.4, 0.5) is 0 Å². The van der Waals surface area contributed by atoms with Gasteiger partial charge >= 0.3 is 0 Å². The molecule has 1 heterocycles. The van der Waals surface area contributed by atoms with Gasteiger partial charge in [-0.05, 0) is 29.5 Å². The summed E-state index contributed by atoms with van der Waals surface area (Å²) in [6.07, 6.45) is 0. The molecule has 3 aromatic rings. The Balaban J connectivity index is 1.45. The molecule has 3 rings (SSSR count). The van der Waals surface area contributed by atoms with Gasteiger partial charge in [0.05, 0.1) is 5.52 Å². The van der Waals surface area contributed by atoms with Crippen LogP contribution in [0.25, 0.3) is 10.9 Å². The van der Waals surface area contributed by atoms with E-state index in [0.29, 0.717) is 24.3 Å². The number of rotatable bonds is 8. The zero-order valence-corrected chi connectivity index (χ0v) is 15.9. The van der Waals surface area contributed by atoms with Crippen LogP contribution in [0.1, 0.15) is 33.3 Å². The Hall–Kier alpha value is -2.80. The third-order valence-corrected chi connectivity index (χ3v) is 5.02. The molecule has 0 spiro atoms. The van der Waals surface area contributed by atoms with Gasteiger partial charge in [-0.3, -0.25) is 14.7 Å². The van der Waals surface area contributed by atoms with Gasteiger partial charge in [-0.2, -0.15) is 16.9 Å². The van der Waals surface area contributed by atoms with Crippen molar-refractivity contribution in [3.05, 3.63) is 65.4 Å². The third kappa shape index (κ3) is 4.89. The lowest BCUT2D eigenvalue weighted by molar-refractivity contribution is 0.0926. The largest absolute Gasteiger partial charge is 0.350 e. The number of fused-ring (bicyclic) bond motifs is 1. The van der Waals surface area contributed by atoms with Crippen LogP contribution < -0.4 is 10.6 Å². The lowest BCUT2D eigenvalue weighted by atomic mass is 10.1. The van der Waals surface area contributed by atoms with E-state index in [-0.39, 0.29) is 11.8 Å². The van der Waals surface area contributed by atoms with Crippen LogP contribution in [0.2, 0.25) is 0 Å². The highest BCUT2D eigenvalue weighted by Crippen LogP contribution is 2.15. The molecule has 0 unspecified atom stereocenters. The van der Waals surface area contributed by atoms with E-state index in [1.807, 2.05) is 60.3 Å². The normalized spacial score (nSPS) is 10.7. The minimum atomic E-state index is -0.264. The first kappa shape index (κ1) is 19.0. The number of carbonyl (C=O) groups excluding carboxylic acids is 2. The highest BCUT2D eigenvalue weighted by atomic mass is 32.2. The number of aromatic nitrogens is 2. The van der Waals surface area contributed by atoms with E-state index in [0.717, 1.165) is 22.4 Å². The molecule has 0 radical (unpaired) electrons. The molecule has 0 atom stereocenters. The SMILES string of the molecule is CCSCc1ccc(C(=O)NCCNC(=O)c2n[nH]c3ccccc23)cc1. The molecular weight excluding hydrogens is 360 g/mol. The van der Waals surface area contributed by atoms with Crippen LogP contribution in [0.15, 0.2) is 48.5 Å². The Labute approximate surface area is 162 Å². The summed E-state index contributed by atoms with van der Waals surface area (Å²) < 4.78 is 0. The van der Waals surface area contributed by atoms with Gasteiger partial charge in [0, 0.05) is 29.8 Å². The molecule has 1 aromatic heterocycles. The Bertz CT molecular complexity index is 921. The molecule has 0 bridgehead atoms. The van der Waals surface area contributed by atoms with E-state index in [1.54, 1.807) is 0 Å². The highest BCUT2D eigenvalue weighted by molar-refractivity contribution is 7.98. The van der Waals surface area contributed by atoms with Crippen LogP contribution in [-0.2, 0) is 5.75 Å².